The van der Waals surface area contributed by atoms with Crippen molar-refractivity contribution in [1.29, 1.82) is 0 Å². The molecule has 3 heterocycles. The summed E-state index contributed by atoms with van der Waals surface area (Å²) in [4.78, 5) is 22.5. The van der Waals surface area contributed by atoms with Gasteiger partial charge in [-0.2, -0.15) is 0 Å². The Balaban J connectivity index is 1.74. The number of pyridine rings is 1. The van der Waals surface area contributed by atoms with E-state index in [4.69, 9.17) is 5.73 Å². The van der Waals surface area contributed by atoms with E-state index in [1.807, 2.05) is 36.5 Å². The standard InChI is InChI=1S/C20H18N6O/c1-25(2)20(27)14-8-6-13(7-9-14)15-11-23-19-17(16-5-3-4-10-22-16)18(21)24-26(19)12-15/h3-12H,1-2H3,(H2,21,24). The van der Waals surface area contributed by atoms with Crippen LogP contribution in [0.1, 0.15) is 10.4 Å². The molecule has 0 unspecified atom stereocenters. The smallest absolute Gasteiger partial charge is 0.253 e. The number of nitrogens with two attached hydrogens (primary N) is 1. The van der Waals surface area contributed by atoms with Crippen molar-refractivity contribution >= 4 is 17.4 Å². The third kappa shape index (κ3) is 2.99. The van der Waals surface area contributed by atoms with Gasteiger partial charge >= 0.3 is 0 Å². The molecule has 7 nitrogen and oxygen atoms in total. The molecule has 0 fully saturated rings. The van der Waals surface area contributed by atoms with E-state index >= 15 is 0 Å². The maximum atomic E-state index is 12.0. The van der Waals surface area contributed by atoms with Crippen LogP contribution in [0.3, 0.4) is 0 Å². The summed E-state index contributed by atoms with van der Waals surface area (Å²) in [6, 6.07) is 13.0. The average molecular weight is 358 g/mol. The van der Waals surface area contributed by atoms with Crippen LogP contribution in [0.2, 0.25) is 0 Å². The summed E-state index contributed by atoms with van der Waals surface area (Å²) in [5.74, 6) is 0.347. The molecule has 1 aromatic carbocycles. The third-order valence-corrected chi connectivity index (χ3v) is 4.29. The number of anilines is 1. The van der Waals surface area contributed by atoms with Gasteiger partial charge < -0.3 is 10.6 Å². The molecule has 0 aliphatic heterocycles. The van der Waals surface area contributed by atoms with Gasteiger partial charge in [0.1, 0.15) is 0 Å². The Morgan fingerprint density at radius 3 is 2.48 bits per heavy atom. The fourth-order valence-electron chi connectivity index (χ4n) is 2.92. The minimum atomic E-state index is -0.0324. The molecule has 27 heavy (non-hydrogen) atoms. The molecule has 0 spiro atoms. The molecule has 4 rings (SSSR count). The van der Waals surface area contributed by atoms with Gasteiger partial charge in [0, 0.05) is 43.8 Å². The van der Waals surface area contributed by atoms with Crippen molar-refractivity contribution in [2.75, 3.05) is 19.8 Å². The number of nitrogen functional groups attached to an aromatic ring is 1. The zero-order chi connectivity index (χ0) is 19.0. The second kappa shape index (κ2) is 6.53. The van der Waals surface area contributed by atoms with Crippen molar-refractivity contribution in [3.05, 3.63) is 66.6 Å². The van der Waals surface area contributed by atoms with Crippen LogP contribution in [0.15, 0.2) is 61.1 Å². The Morgan fingerprint density at radius 1 is 1.04 bits per heavy atom. The number of carbonyl (C=O) groups excluding carboxylic acids is 1. The van der Waals surface area contributed by atoms with E-state index in [1.165, 1.54) is 0 Å². The maximum absolute atomic E-state index is 12.0. The van der Waals surface area contributed by atoms with Crippen LogP contribution >= 0.6 is 0 Å². The van der Waals surface area contributed by atoms with Crippen molar-refractivity contribution in [2.24, 2.45) is 0 Å². The normalized spacial score (nSPS) is 10.9. The van der Waals surface area contributed by atoms with Crippen molar-refractivity contribution in [1.82, 2.24) is 24.5 Å². The number of hydrogen-bond acceptors (Lipinski definition) is 5. The molecule has 1 amide bonds. The molecule has 0 bridgehead atoms. The van der Waals surface area contributed by atoms with Crippen molar-refractivity contribution in [2.45, 2.75) is 0 Å². The van der Waals surface area contributed by atoms with E-state index in [2.05, 4.69) is 15.1 Å². The fourth-order valence-corrected chi connectivity index (χ4v) is 2.92. The molecule has 4 aromatic rings. The zero-order valence-corrected chi connectivity index (χ0v) is 15.0. The first-order valence-corrected chi connectivity index (χ1v) is 8.42. The van der Waals surface area contributed by atoms with Crippen LogP contribution in [-0.2, 0) is 0 Å². The lowest BCUT2D eigenvalue weighted by atomic mass is 10.1. The second-order valence-corrected chi connectivity index (χ2v) is 6.36. The van der Waals surface area contributed by atoms with Gasteiger partial charge in [-0.25, -0.2) is 9.50 Å². The number of aromatic nitrogens is 4. The van der Waals surface area contributed by atoms with E-state index in [1.54, 1.807) is 48.0 Å². The minimum Gasteiger partial charge on any atom is -0.382 e. The SMILES string of the molecule is CN(C)C(=O)c1ccc(-c2cnc3c(-c4ccccn4)c(N)nn3c2)cc1. The lowest BCUT2D eigenvalue weighted by molar-refractivity contribution is 0.0827. The van der Waals surface area contributed by atoms with E-state index in [9.17, 15) is 4.79 Å². The van der Waals surface area contributed by atoms with Gasteiger partial charge in [-0.15, -0.1) is 5.10 Å². The molecule has 3 aromatic heterocycles. The molecule has 0 saturated heterocycles. The van der Waals surface area contributed by atoms with Gasteiger partial charge in [-0.05, 0) is 29.8 Å². The Hall–Kier alpha value is -3.74. The number of amides is 1. The molecule has 0 atom stereocenters. The molecule has 134 valence electrons. The first kappa shape index (κ1) is 16.7. The molecular weight excluding hydrogens is 340 g/mol. The minimum absolute atomic E-state index is 0.0324. The first-order chi connectivity index (χ1) is 13.0. The predicted molar refractivity (Wildman–Crippen MR) is 104 cm³/mol. The van der Waals surface area contributed by atoms with Crippen molar-refractivity contribution in [3.63, 3.8) is 0 Å². The summed E-state index contributed by atoms with van der Waals surface area (Å²) in [6.45, 7) is 0. The molecule has 0 radical (unpaired) electrons. The zero-order valence-electron chi connectivity index (χ0n) is 15.0. The van der Waals surface area contributed by atoms with E-state index in [-0.39, 0.29) is 5.91 Å². The highest BCUT2D eigenvalue weighted by Crippen LogP contribution is 2.29. The van der Waals surface area contributed by atoms with Gasteiger partial charge in [0.05, 0.1) is 11.3 Å². The Bertz CT molecular complexity index is 1120. The second-order valence-electron chi connectivity index (χ2n) is 6.36. The highest BCUT2D eigenvalue weighted by atomic mass is 16.2. The van der Waals surface area contributed by atoms with Crippen LogP contribution in [0.4, 0.5) is 5.82 Å². The van der Waals surface area contributed by atoms with Gasteiger partial charge in [0.15, 0.2) is 11.5 Å². The molecule has 0 aliphatic carbocycles. The molecule has 7 heteroatoms. The van der Waals surface area contributed by atoms with Crippen molar-refractivity contribution in [3.8, 4) is 22.4 Å². The van der Waals surface area contributed by atoms with Crippen LogP contribution < -0.4 is 5.73 Å². The summed E-state index contributed by atoms with van der Waals surface area (Å²) in [7, 11) is 3.46. The summed E-state index contributed by atoms with van der Waals surface area (Å²) in [5, 5.41) is 4.38. The van der Waals surface area contributed by atoms with Gasteiger partial charge in [-0.1, -0.05) is 18.2 Å². The van der Waals surface area contributed by atoms with E-state index in [0.717, 1.165) is 16.8 Å². The predicted octanol–water partition coefficient (Wildman–Crippen LogP) is 2.74. The number of benzene rings is 1. The summed E-state index contributed by atoms with van der Waals surface area (Å²) in [6.07, 6.45) is 5.35. The molecule has 0 aliphatic rings. The number of carbonyl (C=O) groups is 1. The summed E-state index contributed by atoms with van der Waals surface area (Å²) < 4.78 is 1.66. The molecule has 0 saturated carbocycles. The van der Waals surface area contributed by atoms with Gasteiger partial charge in [-0.3, -0.25) is 9.78 Å². The summed E-state index contributed by atoms with van der Waals surface area (Å²) in [5.41, 5.74) is 10.7. The Morgan fingerprint density at radius 2 is 1.81 bits per heavy atom. The number of hydrogen-bond donors (Lipinski definition) is 1. The van der Waals surface area contributed by atoms with Crippen LogP contribution in [0.25, 0.3) is 28.0 Å². The van der Waals surface area contributed by atoms with Gasteiger partial charge in [0.2, 0.25) is 0 Å². The Labute approximate surface area is 156 Å². The fraction of sp³-hybridized carbons (Fsp3) is 0.100. The number of nitrogens with zero attached hydrogens (tertiary/aromatic N) is 5. The van der Waals surface area contributed by atoms with E-state index < -0.39 is 0 Å². The largest absolute Gasteiger partial charge is 0.382 e. The Kier molecular flexibility index (Phi) is 4.04. The molecule has 2 N–H and O–H groups in total. The third-order valence-electron chi connectivity index (χ3n) is 4.29. The van der Waals surface area contributed by atoms with Crippen LogP contribution in [-0.4, -0.2) is 44.5 Å². The maximum Gasteiger partial charge on any atom is 0.253 e. The van der Waals surface area contributed by atoms with Gasteiger partial charge in [0.25, 0.3) is 5.91 Å². The lowest BCUT2D eigenvalue weighted by Crippen LogP contribution is -2.21. The number of fused-ring (bicyclic) bond motifs is 1. The highest BCUT2D eigenvalue weighted by Gasteiger charge is 2.15. The molecular formula is C20H18N6O. The van der Waals surface area contributed by atoms with E-state index in [0.29, 0.717) is 22.6 Å². The topological polar surface area (TPSA) is 89.4 Å². The quantitative estimate of drug-likeness (QED) is 0.608. The highest BCUT2D eigenvalue weighted by molar-refractivity contribution is 5.94. The first-order valence-electron chi connectivity index (χ1n) is 8.42. The van der Waals surface area contributed by atoms with Crippen LogP contribution in [0.5, 0.6) is 0 Å². The number of rotatable bonds is 3. The van der Waals surface area contributed by atoms with Crippen molar-refractivity contribution < 1.29 is 4.79 Å². The van der Waals surface area contributed by atoms with Crippen LogP contribution in [0, 0.1) is 0 Å². The monoisotopic (exact) mass is 358 g/mol. The lowest BCUT2D eigenvalue weighted by Gasteiger charge is -2.10. The summed E-state index contributed by atoms with van der Waals surface area (Å²) >= 11 is 0. The average Bonchev–Trinajstić information content (AvgIpc) is 3.03.